The summed E-state index contributed by atoms with van der Waals surface area (Å²) in [5.41, 5.74) is 7.33. The van der Waals surface area contributed by atoms with Crippen molar-refractivity contribution >= 4 is 20.9 Å². The number of H-pyrrole nitrogens is 1. The minimum atomic E-state index is -3.30. The molecule has 21 heavy (non-hydrogen) atoms. The molecule has 0 spiro atoms. The minimum Gasteiger partial charge on any atom is -0.340 e. The normalized spacial score (nSPS) is 19.5. The van der Waals surface area contributed by atoms with Crippen LogP contribution >= 0.6 is 0 Å². The smallest absolute Gasteiger partial charge is 0.177 e. The topological polar surface area (TPSA) is 88.8 Å². The molecule has 3 rings (SSSR count). The number of aromatic amines is 1. The van der Waals surface area contributed by atoms with Crippen molar-refractivity contribution in [3.63, 3.8) is 0 Å². The summed E-state index contributed by atoms with van der Waals surface area (Å²) < 4.78 is 23.8. The molecule has 1 saturated carbocycles. The summed E-state index contributed by atoms with van der Waals surface area (Å²) in [6.07, 6.45) is 7.57. The van der Waals surface area contributed by atoms with Crippen molar-refractivity contribution in [1.29, 1.82) is 0 Å². The summed E-state index contributed by atoms with van der Waals surface area (Å²) in [4.78, 5) is 8.07. The van der Waals surface area contributed by atoms with Gasteiger partial charge in [0, 0.05) is 6.26 Å². The van der Waals surface area contributed by atoms with E-state index in [1.54, 1.807) is 12.1 Å². The largest absolute Gasteiger partial charge is 0.340 e. The number of hydrogen-bond donors (Lipinski definition) is 2. The van der Waals surface area contributed by atoms with Crippen LogP contribution in [0, 0.1) is 0 Å². The number of imidazole rings is 1. The first-order valence-electron chi connectivity index (χ1n) is 7.38. The molecule has 2 aromatic rings. The van der Waals surface area contributed by atoms with Crippen LogP contribution in [0.2, 0.25) is 0 Å². The maximum absolute atomic E-state index is 11.9. The van der Waals surface area contributed by atoms with E-state index in [2.05, 4.69) is 9.97 Å². The predicted molar refractivity (Wildman–Crippen MR) is 82.8 cm³/mol. The number of nitrogens with two attached hydrogens (primary N) is 1. The van der Waals surface area contributed by atoms with E-state index < -0.39 is 15.4 Å². The van der Waals surface area contributed by atoms with Crippen LogP contribution in [-0.2, 0) is 15.4 Å². The number of fused-ring (bicyclic) bond motifs is 1. The number of para-hydroxylation sites is 1. The standard InChI is InChI=1S/C15H21N3O2S/c1-21(19,20)12-8-6-7-11-13(12)18-14(17-11)15(16)9-4-2-3-5-10-15/h6-8H,2-5,9-10,16H2,1H3,(H,17,18). The quantitative estimate of drug-likeness (QED) is 0.834. The number of benzene rings is 1. The Morgan fingerprint density at radius 2 is 1.86 bits per heavy atom. The van der Waals surface area contributed by atoms with Gasteiger partial charge in [-0.05, 0) is 25.0 Å². The van der Waals surface area contributed by atoms with Crippen LogP contribution in [0.25, 0.3) is 11.0 Å². The molecule has 0 unspecified atom stereocenters. The molecule has 0 atom stereocenters. The Balaban J connectivity index is 2.13. The van der Waals surface area contributed by atoms with Crippen molar-refractivity contribution in [3.05, 3.63) is 24.0 Å². The van der Waals surface area contributed by atoms with Crippen LogP contribution in [-0.4, -0.2) is 24.6 Å². The zero-order valence-corrected chi connectivity index (χ0v) is 13.0. The van der Waals surface area contributed by atoms with Gasteiger partial charge in [0.1, 0.15) is 11.3 Å². The highest BCUT2D eigenvalue weighted by Crippen LogP contribution is 2.34. The van der Waals surface area contributed by atoms with Crippen LogP contribution in [0.4, 0.5) is 0 Å². The second-order valence-corrected chi connectivity index (χ2v) is 8.06. The molecule has 3 N–H and O–H groups in total. The lowest BCUT2D eigenvalue weighted by atomic mass is 9.91. The zero-order valence-electron chi connectivity index (χ0n) is 12.2. The fraction of sp³-hybridized carbons (Fsp3) is 0.533. The first kappa shape index (κ1) is 14.5. The minimum absolute atomic E-state index is 0.264. The summed E-state index contributed by atoms with van der Waals surface area (Å²) in [5, 5.41) is 0. The fourth-order valence-electron chi connectivity index (χ4n) is 3.14. The molecule has 0 amide bonds. The Hall–Kier alpha value is -1.40. The number of rotatable bonds is 2. The average molecular weight is 307 g/mol. The van der Waals surface area contributed by atoms with E-state index in [0.717, 1.165) is 37.0 Å². The molecule has 114 valence electrons. The molecular formula is C15H21N3O2S. The molecule has 5 nitrogen and oxygen atoms in total. The van der Waals surface area contributed by atoms with Crippen molar-refractivity contribution in [1.82, 2.24) is 9.97 Å². The Bertz CT molecular complexity index is 756. The van der Waals surface area contributed by atoms with Crippen LogP contribution in [0.15, 0.2) is 23.1 Å². The summed E-state index contributed by atoms with van der Waals surface area (Å²) in [5.74, 6) is 0.718. The van der Waals surface area contributed by atoms with Gasteiger partial charge in [-0.3, -0.25) is 0 Å². The molecule has 0 bridgehead atoms. The molecule has 1 aromatic heterocycles. The van der Waals surface area contributed by atoms with Gasteiger partial charge in [-0.2, -0.15) is 0 Å². The highest BCUT2D eigenvalue weighted by Gasteiger charge is 2.32. The van der Waals surface area contributed by atoms with Gasteiger partial charge >= 0.3 is 0 Å². The number of hydrogen-bond acceptors (Lipinski definition) is 4. The molecule has 0 saturated heterocycles. The van der Waals surface area contributed by atoms with E-state index in [-0.39, 0.29) is 4.90 Å². The number of aromatic nitrogens is 2. The molecule has 1 aromatic carbocycles. The molecule has 1 fully saturated rings. The van der Waals surface area contributed by atoms with Gasteiger partial charge in [-0.1, -0.05) is 31.7 Å². The lowest BCUT2D eigenvalue weighted by Gasteiger charge is -2.25. The molecule has 1 heterocycles. The monoisotopic (exact) mass is 307 g/mol. The van der Waals surface area contributed by atoms with Gasteiger partial charge in [0.05, 0.1) is 16.0 Å². The van der Waals surface area contributed by atoms with Crippen molar-refractivity contribution in [2.75, 3.05) is 6.26 Å². The lowest BCUT2D eigenvalue weighted by molar-refractivity contribution is 0.366. The van der Waals surface area contributed by atoms with Gasteiger partial charge in [0.15, 0.2) is 9.84 Å². The predicted octanol–water partition coefficient (Wildman–Crippen LogP) is 2.47. The molecular weight excluding hydrogens is 286 g/mol. The Kier molecular flexibility index (Phi) is 3.53. The van der Waals surface area contributed by atoms with Crippen molar-refractivity contribution < 1.29 is 8.42 Å². The first-order valence-corrected chi connectivity index (χ1v) is 9.27. The summed E-state index contributed by atoms with van der Waals surface area (Å²) in [7, 11) is -3.30. The summed E-state index contributed by atoms with van der Waals surface area (Å²) >= 11 is 0. The van der Waals surface area contributed by atoms with Crippen molar-refractivity contribution in [2.45, 2.75) is 49.0 Å². The average Bonchev–Trinajstić information content (AvgIpc) is 2.74. The van der Waals surface area contributed by atoms with E-state index in [1.807, 2.05) is 6.07 Å². The van der Waals surface area contributed by atoms with E-state index in [4.69, 9.17) is 5.73 Å². The van der Waals surface area contributed by atoms with E-state index in [9.17, 15) is 8.42 Å². The molecule has 0 aliphatic heterocycles. The van der Waals surface area contributed by atoms with Crippen LogP contribution < -0.4 is 5.73 Å². The van der Waals surface area contributed by atoms with E-state index in [1.165, 1.54) is 19.1 Å². The third-order valence-electron chi connectivity index (χ3n) is 4.34. The maximum Gasteiger partial charge on any atom is 0.177 e. The molecule has 6 heteroatoms. The Labute approximate surface area is 124 Å². The maximum atomic E-state index is 11.9. The highest BCUT2D eigenvalue weighted by molar-refractivity contribution is 7.91. The zero-order chi connectivity index (χ0) is 15.1. The molecule has 0 radical (unpaired) electrons. The van der Waals surface area contributed by atoms with Gasteiger partial charge in [0.2, 0.25) is 0 Å². The third-order valence-corrected chi connectivity index (χ3v) is 5.47. The summed E-state index contributed by atoms with van der Waals surface area (Å²) in [6, 6.07) is 5.18. The van der Waals surface area contributed by atoms with Crippen LogP contribution in [0.1, 0.15) is 44.3 Å². The van der Waals surface area contributed by atoms with Gasteiger partial charge < -0.3 is 10.7 Å². The second-order valence-electron chi connectivity index (χ2n) is 6.08. The second kappa shape index (κ2) is 5.10. The van der Waals surface area contributed by atoms with Crippen LogP contribution in [0.3, 0.4) is 0 Å². The van der Waals surface area contributed by atoms with E-state index >= 15 is 0 Å². The first-order chi connectivity index (χ1) is 9.90. The number of nitrogens with one attached hydrogen (secondary N) is 1. The number of sulfone groups is 1. The third kappa shape index (κ3) is 2.70. The van der Waals surface area contributed by atoms with Crippen LogP contribution in [0.5, 0.6) is 0 Å². The SMILES string of the molecule is CS(=O)(=O)c1cccc2[nH]c(C3(N)CCCCCC3)nc12. The van der Waals surface area contributed by atoms with E-state index in [0.29, 0.717) is 5.52 Å². The fourth-order valence-corrected chi connectivity index (χ4v) is 3.97. The highest BCUT2D eigenvalue weighted by atomic mass is 32.2. The van der Waals surface area contributed by atoms with Gasteiger partial charge in [0.25, 0.3) is 0 Å². The number of nitrogens with zero attached hydrogens (tertiary/aromatic N) is 1. The van der Waals surface area contributed by atoms with Crippen molar-refractivity contribution in [2.24, 2.45) is 5.73 Å². The molecule has 1 aliphatic rings. The Morgan fingerprint density at radius 3 is 2.48 bits per heavy atom. The van der Waals surface area contributed by atoms with Gasteiger partial charge in [-0.25, -0.2) is 13.4 Å². The Morgan fingerprint density at radius 1 is 1.19 bits per heavy atom. The van der Waals surface area contributed by atoms with Gasteiger partial charge in [-0.15, -0.1) is 0 Å². The summed E-state index contributed by atoms with van der Waals surface area (Å²) in [6.45, 7) is 0. The molecule has 1 aliphatic carbocycles. The van der Waals surface area contributed by atoms with Crippen molar-refractivity contribution in [3.8, 4) is 0 Å². The lowest BCUT2D eigenvalue weighted by Crippen LogP contribution is -2.37.